The molecular weight excluding hydrogens is 259 g/mol. The normalized spacial score (nSPS) is 17.8. The largest absolute Gasteiger partial charge is 0.393 e. The van der Waals surface area contributed by atoms with Crippen molar-refractivity contribution in [3.63, 3.8) is 0 Å². The van der Waals surface area contributed by atoms with E-state index in [-0.39, 0.29) is 11.9 Å². The van der Waals surface area contributed by atoms with Crippen molar-refractivity contribution < 1.29 is 9.50 Å². The molecule has 0 amide bonds. The Kier molecular flexibility index (Phi) is 3.42. The first-order valence-electron chi connectivity index (χ1n) is 5.27. The van der Waals surface area contributed by atoms with Crippen LogP contribution in [0.15, 0.2) is 22.7 Å². The fourth-order valence-electron chi connectivity index (χ4n) is 1.78. The first-order valence-corrected chi connectivity index (χ1v) is 6.06. The highest BCUT2D eigenvalue weighted by Gasteiger charge is 2.24. The van der Waals surface area contributed by atoms with Crippen molar-refractivity contribution in [3.8, 4) is 0 Å². The standard InChI is InChI=1S/C12H14BrFO/c13-12-4-3-10(14)6-9(12)7-11(15)5-8-1-2-8/h3-4,6,8,11,15H,1-2,5,7H2. The number of aliphatic hydroxyl groups is 1. The summed E-state index contributed by atoms with van der Waals surface area (Å²) in [6.45, 7) is 0. The molecule has 1 aliphatic carbocycles. The maximum atomic E-state index is 13.0. The first kappa shape index (κ1) is 11.1. The molecule has 3 heteroatoms. The molecule has 0 aliphatic heterocycles. The van der Waals surface area contributed by atoms with E-state index in [4.69, 9.17) is 0 Å². The Morgan fingerprint density at radius 2 is 2.20 bits per heavy atom. The highest BCUT2D eigenvalue weighted by molar-refractivity contribution is 9.10. The van der Waals surface area contributed by atoms with Gasteiger partial charge in [0.15, 0.2) is 0 Å². The van der Waals surface area contributed by atoms with E-state index in [0.717, 1.165) is 16.5 Å². The topological polar surface area (TPSA) is 20.2 Å². The molecule has 1 fully saturated rings. The number of hydrogen-bond acceptors (Lipinski definition) is 1. The Morgan fingerprint density at radius 1 is 1.47 bits per heavy atom. The maximum Gasteiger partial charge on any atom is 0.123 e. The van der Waals surface area contributed by atoms with E-state index in [1.54, 1.807) is 6.07 Å². The third-order valence-electron chi connectivity index (χ3n) is 2.77. The van der Waals surface area contributed by atoms with Crippen molar-refractivity contribution in [1.29, 1.82) is 0 Å². The molecule has 1 nitrogen and oxygen atoms in total. The van der Waals surface area contributed by atoms with Crippen molar-refractivity contribution in [2.75, 3.05) is 0 Å². The lowest BCUT2D eigenvalue weighted by atomic mass is 10.0. The molecule has 1 aromatic rings. The minimum absolute atomic E-state index is 0.244. The fourth-order valence-corrected chi connectivity index (χ4v) is 2.18. The number of hydrogen-bond donors (Lipinski definition) is 1. The lowest BCUT2D eigenvalue weighted by molar-refractivity contribution is 0.158. The van der Waals surface area contributed by atoms with Crippen LogP contribution in [0.2, 0.25) is 0 Å². The van der Waals surface area contributed by atoms with Crippen molar-refractivity contribution in [2.45, 2.75) is 31.8 Å². The summed E-state index contributed by atoms with van der Waals surface area (Å²) in [5.74, 6) is 0.458. The Bertz CT molecular complexity index is 349. The summed E-state index contributed by atoms with van der Waals surface area (Å²) in [5, 5.41) is 9.79. The van der Waals surface area contributed by atoms with E-state index in [9.17, 15) is 9.50 Å². The molecule has 1 N–H and O–H groups in total. The molecule has 2 rings (SSSR count). The van der Waals surface area contributed by atoms with Crippen LogP contribution in [0.4, 0.5) is 4.39 Å². The third kappa shape index (κ3) is 3.28. The molecule has 1 atom stereocenters. The lowest BCUT2D eigenvalue weighted by Crippen LogP contribution is -2.11. The van der Waals surface area contributed by atoms with Gasteiger partial charge in [0.2, 0.25) is 0 Å². The van der Waals surface area contributed by atoms with Gasteiger partial charge in [-0.15, -0.1) is 0 Å². The van der Waals surface area contributed by atoms with Crippen molar-refractivity contribution in [1.82, 2.24) is 0 Å². The van der Waals surface area contributed by atoms with E-state index < -0.39 is 0 Å². The molecule has 0 heterocycles. The smallest absolute Gasteiger partial charge is 0.123 e. The van der Waals surface area contributed by atoms with Gasteiger partial charge in [0.25, 0.3) is 0 Å². The molecule has 82 valence electrons. The molecule has 0 bridgehead atoms. The van der Waals surface area contributed by atoms with E-state index in [0.29, 0.717) is 12.3 Å². The average Bonchev–Trinajstić information content (AvgIpc) is 2.95. The Labute approximate surface area is 97.4 Å². The number of rotatable bonds is 4. The van der Waals surface area contributed by atoms with Crippen LogP contribution in [0.3, 0.4) is 0 Å². The van der Waals surface area contributed by atoms with E-state index >= 15 is 0 Å². The lowest BCUT2D eigenvalue weighted by Gasteiger charge is -2.11. The maximum absolute atomic E-state index is 13.0. The van der Waals surface area contributed by atoms with Gasteiger partial charge in [-0.1, -0.05) is 28.8 Å². The van der Waals surface area contributed by atoms with Crippen LogP contribution in [0.1, 0.15) is 24.8 Å². The van der Waals surface area contributed by atoms with Crippen molar-refractivity contribution in [3.05, 3.63) is 34.1 Å². The van der Waals surface area contributed by atoms with Gasteiger partial charge in [-0.2, -0.15) is 0 Å². The minimum Gasteiger partial charge on any atom is -0.393 e. The average molecular weight is 273 g/mol. The summed E-state index contributed by atoms with van der Waals surface area (Å²) in [4.78, 5) is 0. The third-order valence-corrected chi connectivity index (χ3v) is 3.54. The molecule has 0 radical (unpaired) electrons. The van der Waals surface area contributed by atoms with Crippen LogP contribution in [0.5, 0.6) is 0 Å². The van der Waals surface area contributed by atoms with Crippen LogP contribution in [0, 0.1) is 11.7 Å². The summed E-state index contributed by atoms with van der Waals surface area (Å²) in [7, 11) is 0. The second-order valence-electron chi connectivity index (χ2n) is 4.27. The van der Waals surface area contributed by atoms with Crippen LogP contribution >= 0.6 is 15.9 Å². The summed E-state index contributed by atoms with van der Waals surface area (Å²) in [6, 6.07) is 4.59. The summed E-state index contributed by atoms with van der Waals surface area (Å²) < 4.78 is 13.8. The number of benzene rings is 1. The number of halogens is 2. The molecule has 0 saturated heterocycles. The zero-order chi connectivity index (χ0) is 10.8. The summed E-state index contributed by atoms with van der Waals surface area (Å²) in [6.07, 6.45) is 3.52. The van der Waals surface area contributed by atoms with Crippen LogP contribution in [-0.4, -0.2) is 11.2 Å². The van der Waals surface area contributed by atoms with Crippen molar-refractivity contribution >= 4 is 15.9 Å². The van der Waals surface area contributed by atoms with Gasteiger partial charge in [0, 0.05) is 4.47 Å². The molecule has 1 aliphatic rings. The molecule has 15 heavy (non-hydrogen) atoms. The molecule has 0 aromatic heterocycles. The second-order valence-corrected chi connectivity index (χ2v) is 5.13. The zero-order valence-electron chi connectivity index (χ0n) is 8.42. The monoisotopic (exact) mass is 272 g/mol. The Hall–Kier alpha value is -0.410. The van der Waals surface area contributed by atoms with Crippen LogP contribution in [0.25, 0.3) is 0 Å². The molecular formula is C12H14BrFO. The van der Waals surface area contributed by atoms with E-state index in [1.807, 2.05) is 0 Å². The molecule has 1 aromatic carbocycles. The highest BCUT2D eigenvalue weighted by Crippen LogP contribution is 2.34. The Morgan fingerprint density at radius 3 is 2.87 bits per heavy atom. The van der Waals surface area contributed by atoms with Gasteiger partial charge in [-0.3, -0.25) is 0 Å². The predicted molar refractivity (Wildman–Crippen MR) is 61.2 cm³/mol. The van der Waals surface area contributed by atoms with Gasteiger partial charge >= 0.3 is 0 Å². The predicted octanol–water partition coefficient (Wildman–Crippen LogP) is 3.29. The molecule has 1 unspecified atom stereocenters. The molecule has 0 spiro atoms. The van der Waals surface area contributed by atoms with Gasteiger partial charge in [0.05, 0.1) is 6.10 Å². The van der Waals surface area contributed by atoms with Gasteiger partial charge < -0.3 is 5.11 Å². The van der Waals surface area contributed by atoms with E-state index in [1.165, 1.54) is 25.0 Å². The van der Waals surface area contributed by atoms with Crippen LogP contribution in [-0.2, 0) is 6.42 Å². The second kappa shape index (κ2) is 4.62. The van der Waals surface area contributed by atoms with Gasteiger partial charge in [-0.05, 0) is 42.5 Å². The Balaban J connectivity index is 1.98. The van der Waals surface area contributed by atoms with Crippen molar-refractivity contribution in [2.24, 2.45) is 5.92 Å². The quantitative estimate of drug-likeness (QED) is 0.892. The molecule has 1 saturated carbocycles. The minimum atomic E-state index is -0.337. The zero-order valence-corrected chi connectivity index (χ0v) is 10.0. The summed E-state index contributed by atoms with van der Waals surface area (Å²) >= 11 is 3.36. The first-order chi connectivity index (χ1) is 7.15. The highest BCUT2D eigenvalue weighted by atomic mass is 79.9. The SMILES string of the molecule is OC(Cc1cc(F)ccc1Br)CC1CC1. The fraction of sp³-hybridized carbons (Fsp3) is 0.500. The number of aliphatic hydroxyl groups excluding tert-OH is 1. The van der Waals surface area contributed by atoms with E-state index in [2.05, 4.69) is 15.9 Å². The van der Waals surface area contributed by atoms with Gasteiger partial charge in [0.1, 0.15) is 5.82 Å². The van der Waals surface area contributed by atoms with Crippen LogP contribution < -0.4 is 0 Å². The van der Waals surface area contributed by atoms with Gasteiger partial charge in [-0.25, -0.2) is 4.39 Å². The summed E-state index contributed by atoms with van der Waals surface area (Å²) in [5.41, 5.74) is 0.850.